The highest BCUT2D eigenvalue weighted by Gasteiger charge is 2.23. The monoisotopic (exact) mass is 387 g/mol. The molecule has 0 atom stereocenters. The topological polar surface area (TPSA) is 75.1 Å². The first-order chi connectivity index (χ1) is 14.0. The van der Waals surface area contributed by atoms with Crippen LogP contribution in [0.25, 0.3) is 11.3 Å². The molecule has 148 valence electrons. The van der Waals surface area contributed by atoms with E-state index in [9.17, 15) is 9.90 Å². The summed E-state index contributed by atoms with van der Waals surface area (Å²) in [7, 11) is 0. The van der Waals surface area contributed by atoms with Crippen LogP contribution in [0.4, 0.5) is 5.82 Å². The second-order valence-corrected chi connectivity index (χ2v) is 7.96. The summed E-state index contributed by atoms with van der Waals surface area (Å²) >= 11 is 0. The zero-order valence-electron chi connectivity index (χ0n) is 16.8. The fourth-order valence-electron chi connectivity index (χ4n) is 3.75. The van der Waals surface area contributed by atoms with Gasteiger partial charge < -0.3 is 10.4 Å². The van der Waals surface area contributed by atoms with E-state index in [0.29, 0.717) is 18.2 Å². The van der Waals surface area contributed by atoms with E-state index >= 15 is 0 Å². The molecule has 0 unspecified atom stereocenters. The lowest BCUT2D eigenvalue weighted by molar-refractivity contribution is -0.115. The molecule has 1 aromatic heterocycles. The predicted octanol–water partition coefficient (Wildman–Crippen LogP) is 4.33. The Labute approximate surface area is 170 Å². The molecular formula is C24H25N3O2. The summed E-state index contributed by atoms with van der Waals surface area (Å²) < 4.78 is 0. The van der Waals surface area contributed by atoms with Crippen LogP contribution in [0.1, 0.15) is 36.4 Å². The zero-order chi connectivity index (χ0) is 20.4. The number of hydrogen-bond donors (Lipinski definition) is 2. The molecular weight excluding hydrogens is 362 g/mol. The van der Waals surface area contributed by atoms with Crippen molar-refractivity contribution in [2.24, 2.45) is 5.92 Å². The molecule has 1 heterocycles. The molecule has 0 aliphatic heterocycles. The number of carbonyl (C=O) groups is 1. The van der Waals surface area contributed by atoms with Crippen LogP contribution in [0.15, 0.2) is 48.5 Å². The molecule has 1 aliphatic rings. The van der Waals surface area contributed by atoms with E-state index in [1.165, 1.54) is 0 Å². The van der Waals surface area contributed by atoms with E-state index in [1.807, 2.05) is 36.4 Å². The number of hydrogen-bond acceptors (Lipinski definition) is 4. The maximum Gasteiger partial charge on any atom is 0.229 e. The first kappa shape index (κ1) is 19.1. The van der Waals surface area contributed by atoms with Crippen LogP contribution in [0.2, 0.25) is 0 Å². The van der Waals surface area contributed by atoms with Crippen molar-refractivity contribution in [3.8, 4) is 17.0 Å². The zero-order valence-corrected chi connectivity index (χ0v) is 16.8. The number of aryl methyl sites for hydroxylation is 2. The molecule has 5 nitrogen and oxygen atoms in total. The number of aromatic nitrogens is 2. The number of fused-ring (bicyclic) bond motifs is 3. The van der Waals surface area contributed by atoms with Crippen molar-refractivity contribution in [2.75, 3.05) is 5.32 Å². The van der Waals surface area contributed by atoms with Gasteiger partial charge in [-0.25, -0.2) is 9.97 Å². The Morgan fingerprint density at radius 2 is 1.90 bits per heavy atom. The molecule has 3 aromatic rings. The number of benzene rings is 2. The summed E-state index contributed by atoms with van der Waals surface area (Å²) in [5.41, 5.74) is 5.64. The average Bonchev–Trinajstić information content (AvgIpc) is 2.68. The van der Waals surface area contributed by atoms with Crippen LogP contribution in [-0.4, -0.2) is 21.0 Å². The van der Waals surface area contributed by atoms with Gasteiger partial charge in [-0.05, 0) is 54.5 Å². The third-order valence-corrected chi connectivity index (χ3v) is 5.08. The molecule has 0 bridgehead atoms. The lowest BCUT2D eigenvalue weighted by atomic mass is 9.91. The van der Waals surface area contributed by atoms with Crippen LogP contribution < -0.4 is 5.32 Å². The Morgan fingerprint density at radius 1 is 1.10 bits per heavy atom. The van der Waals surface area contributed by atoms with Gasteiger partial charge in [0.1, 0.15) is 5.75 Å². The first-order valence-electron chi connectivity index (χ1n) is 10.1. The third-order valence-electron chi connectivity index (χ3n) is 5.08. The predicted molar refractivity (Wildman–Crippen MR) is 114 cm³/mol. The first-order valence-corrected chi connectivity index (χ1v) is 10.1. The van der Waals surface area contributed by atoms with Crippen LogP contribution in [0.5, 0.6) is 5.75 Å². The van der Waals surface area contributed by atoms with Crippen molar-refractivity contribution in [1.29, 1.82) is 0 Å². The van der Waals surface area contributed by atoms with Crippen LogP contribution in [0.3, 0.4) is 0 Å². The largest absolute Gasteiger partial charge is 0.508 e. The second kappa shape index (κ2) is 8.03. The second-order valence-electron chi connectivity index (χ2n) is 7.96. The Bertz CT molecular complexity index is 1050. The van der Waals surface area contributed by atoms with Gasteiger partial charge in [-0.15, -0.1) is 0 Å². The molecule has 0 fully saturated rings. The molecule has 0 spiro atoms. The highest BCUT2D eigenvalue weighted by Crippen LogP contribution is 2.34. The quantitative estimate of drug-likeness (QED) is 0.683. The molecule has 29 heavy (non-hydrogen) atoms. The Morgan fingerprint density at radius 3 is 2.66 bits per heavy atom. The minimum absolute atomic E-state index is 0.0865. The van der Waals surface area contributed by atoms with Crippen molar-refractivity contribution in [3.05, 3.63) is 71.0 Å². The minimum atomic E-state index is -0.0865. The summed E-state index contributed by atoms with van der Waals surface area (Å²) in [5, 5.41) is 12.8. The highest BCUT2D eigenvalue weighted by molar-refractivity contribution is 5.92. The van der Waals surface area contributed by atoms with Crippen LogP contribution in [0, 0.1) is 5.92 Å². The van der Waals surface area contributed by atoms with E-state index in [2.05, 4.69) is 19.2 Å². The lowest BCUT2D eigenvalue weighted by Crippen LogP contribution is -2.20. The summed E-state index contributed by atoms with van der Waals surface area (Å²) in [6.07, 6.45) is 2.58. The van der Waals surface area contributed by atoms with Crippen LogP contribution >= 0.6 is 0 Å². The average molecular weight is 387 g/mol. The standard InChI is InChI=1S/C24H25N3O2/c1-15(2)12-21-24(27-22(29)13-16-6-4-3-5-7-16)26-20-11-8-17-14-18(28)9-10-19(17)23(20)25-21/h3-7,9-10,14-15,28H,8,11-13H2,1-2H3,(H,26,27,29). The van der Waals surface area contributed by atoms with E-state index < -0.39 is 0 Å². The molecule has 5 heteroatoms. The fourth-order valence-corrected chi connectivity index (χ4v) is 3.75. The molecule has 0 radical (unpaired) electrons. The van der Waals surface area contributed by atoms with Gasteiger partial charge in [0.25, 0.3) is 0 Å². The van der Waals surface area contributed by atoms with Gasteiger partial charge in [0.2, 0.25) is 5.91 Å². The SMILES string of the molecule is CC(C)Cc1nc2c(nc1NC(=O)Cc1ccccc1)CCc1cc(O)ccc1-2. The molecule has 0 saturated heterocycles. The Kier molecular flexibility index (Phi) is 5.30. The highest BCUT2D eigenvalue weighted by atomic mass is 16.3. The maximum absolute atomic E-state index is 12.6. The van der Waals surface area contributed by atoms with E-state index in [-0.39, 0.29) is 11.7 Å². The normalized spacial score (nSPS) is 12.4. The Hall–Kier alpha value is -3.21. The summed E-state index contributed by atoms with van der Waals surface area (Å²) in [6, 6.07) is 15.1. The number of phenols is 1. The number of phenolic OH excluding ortho intramolecular Hbond substituents is 1. The van der Waals surface area contributed by atoms with Gasteiger partial charge >= 0.3 is 0 Å². The van der Waals surface area contributed by atoms with E-state index in [1.54, 1.807) is 12.1 Å². The number of nitrogens with zero attached hydrogens (tertiary/aromatic N) is 2. The van der Waals surface area contributed by atoms with Gasteiger partial charge in [-0.2, -0.15) is 0 Å². The van der Waals surface area contributed by atoms with E-state index in [4.69, 9.17) is 9.97 Å². The van der Waals surface area contributed by atoms with Crippen molar-refractivity contribution >= 4 is 11.7 Å². The third kappa shape index (κ3) is 4.29. The van der Waals surface area contributed by atoms with Crippen LogP contribution in [-0.2, 0) is 30.5 Å². The van der Waals surface area contributed by atoms with Gasteiger partial charge in [-0.3, -0.25) is 4.79 Å². The molecule has 2 aromatic carbocycles. The van der Waals surface area contributed by atoms with Crippen molar-refractivity contribution in [3.63, 3.8) is 0 Å². The number of carbonyl (C=O) groups excluding carboxylic acids is 1. The minimum Gasteiger partial charge on any atom is -0.508 e. The smallest absolute Gasteiger partial charge is 0.229 e. The number of rotatable bonds is 5. The van der Waals surface area contributed by atoms with Gasteiger partial charge in [0, 0.05) is 5.56 Å². The number of nitrogens with one attached hydrogen (secondary N) is 1. The number of aromatic hydroxyl groups is 1. The number of anilines is 1. The van der Waals surface area contributed by atoms with Gasteiger partial charge in [0.15, 0.2) is 5.82 Å². The molecule has 4 rings (SSSR count). The number of amides is 1. The fraction of sp³-hybridized carbons (Fsp3) is 0.292. The summed E-state index contributed by atoms with van der Waals surface area (Å²) in [5.74, 6) is 1.14. The van der Waals surface area contributed by atoms with Crippen molar-refractivity contribution in [2.45, 2.75) is 39.5 Å². The van der Waals surface area contributed by atoms with Gasteiger partial charge in [-0.1, -0.05) is 44.2 Å². The molecule has 1 amide bonds. The lowest BCUT2D eigenvalue weighted by Gasteiger charge is -2.21. The van der Waals surface area contributed by atoms with Crippen molar-refractivity contribution in [1.82, 2.24) is 9.97 Å². The summed E-state index contributed by atoms with van der Waals surface area (Å²) in [4.78, 5) is 22.4. The molecule has 0 saturated carbocycles. The molecule has 2 N–H and O–H groups in total. The summed E-state index contributed by atoms with van der Waals surface area (Å²) in [6.45, 7) is 4.26. The van der Waals surface area contributed by atoms with Gasteiger partial charge in [0.05, 0.1) is 23.5 Å². The van der Waals surface area contributed by atoms with E-state index in [0.717, 1.165) is 53.0 Å². The Balaban J connectivity index is 1.67. The molecule has 1 aliphatic carbocycles. The maximum atomic E-state index is 12.6. The van der Waals surface area contributed by atoms with Crippen molar-refractivity contribution < 1.29 is 9.90 Å².